The van der Waals surface area contributed by atoms with Crippen LogP contribution in [-0.2, 0) is 4.79 Å². The molecule has 1 unspecified atom stereocenters. The van der Waals surface area contributed by atoms with E-state index in [0.717, 1.165) is 17.2 Å². The number of fused-ring (bicyclic) bond motifs is 1. The summed E-state index contributed by atoms with van der Waals surface area (Å²) in [7, 11) is 0. The van der Waals surface area contributed by atoms with Crippen LogP contribution in [-0.4, -0.2) is 42.9 Å². The lowest BCUT2D eigenvalue weighted by Crippen LogP contribution is -2.23. The van der Waals surface area contributed by atoms with Gasteiger partial charge in [0.1, 0.15) is 11.5 Å². The number of carboxylic acid groups (broad SMARTS) is 1. The number of aromatic nitrogens is 3. The van der Waals surface area contributed by atoms with Gasteiger partial charge in [0.15, 0.2) is 5.65 Å². The number of anilines is 1. The molecule has 0 saturated heterocycles. The molecule has 0 aliphatic heterocycles. The highest BCUT2D eigenvalue weighted by molar-refractivity contribution is 7.99. The van der Waals surface area contributed by atoms with E-state index in [-0.39, 0.29) is 0 Å². The number of hydrogen-bond donors (Lipinski definition) is 2. The van der Waals surface area contributed by atoms with Crippen molar-refractivity contribution in [1.82, 2.24) is 14.4 Å². The number of alkyl halides is 3. The Morgan fingerprint density at radius 1 is 1.29 bits per heavy atom. The molecule has 34 heavy (non-hydrogen) atoms. The van der Waals surface area contributed by atoms with E-state index in [4.69, 9.17) is 14.9 Å². The summed E-state index contributed by atoms with van der Waals surface area (Å²) in [4.78, 5) is 19.4. The fourth-order valence-corrected chi connectivity index (χ4v) is 4.70. The van der Waals surface area contributed by atoms with Gasteiger partial charge in [-0.3, -0.25) is 9.38 Å². The van der Waals surface area contributed by atoms with Gasteiger partial charge in [0.25, 0.3) is 0 Å². The van der Waals surface area contributed by atoms with Crippen molar-refractivity contribution in [2.45, 2.75) is 74.7 Å². The van der Waals surface area contributed by atoms with Crippen molar-refractivity contribution in [2.24, 2.45) is 0 Å². The third-order valence-corrected chi connectivity index (χ3v) is 6.90. The highest BCUT2D eigenvalue weighted by atomic mass is 32.2. The zero-order valence-electron chi connectivity index (χ0n) is 19.2. The van der Waals surface area contributed by atoms with E-state index in [1.54, 1.807) is 0 Å². The summed E-state index contributed by atoms with van der Waals surface area (Å²) < 4.78 is 33.9. The smallest absolute Gasteiger partial charge is 0.475 e. The predicted octanol–water partition coefficient (Wildman–Crippen LogP) is 6.66. The molecule has 10 heteroatoms. The molecule has 1 aliphatic carbocycles. The second kappa shape index (κ2) is 11.6. The van der Waals surface area contributed by atoms with Crippen molar-refractivity contribution < 1.29 is 23.1 Å². The van der Waals surface area contributed by atoms with Gasteiger partial charge < -0.3 is 10.4 Å². The Hall–Kier alpha value is -2.75. The van der Waals surface area contributed by atoms with Gasteiger partial charge in [0.2, 0.25) is 0 Å². The van der Waals surface area contributed by atoms with E-state index in [2.05, 4.69) is 52.8 Å². The molecule has 0 amide bonds. The van der Waals surface area contributed by atoms with Gasteiger partial charge in [-0.1, -0.05) is 45.2 Å². The third kappa shape index (κ3) is 6.88. The molecular formula is C24H29F3N4O2S. The lowest BCUT2D eigenvalue weighted by Gasteiger charge is -2.24. The fraction of sp³-hybridized carbons (Fsp3) is 0.458. The van der Waals surface area contributed by atoms with E-state index in [1.807, 2.05) is 30.4 Å². The van der Waals surface area contributed by atoms with Gasteiger partial charge in [-0.05, 0) is 31.4 Å². The lowest BCUT2D eigenvalue weighted by atomic mass is 9.95. The molecule has 2 aromatic heterocycles. The van der Waals surface area contributed by atoms with E-state index in [0.29, 0.717) is 11.3 Å². The topological polar surface area (TPSA) is 79.5 Å². The zero-order valence-corrected chi connectivity index (χ0v) is 20.0. The average Bonchev–Trinajstić information content (AvgIpc) is 3.18. The highest BCUT2D eigenvalue weighted by Gasteiger charge is 2.38. The quantitative estimate of drug-likeness (QED) is 0.373. The minimum Gasteiger partial charge on any atom is -0.475 e. The normalized spacial score (nSPS) is 15.4. The zero-order chi connectivity index (χ0) is 24.7. The molecule has 1 aromatic carbocycles. The lowest BCUT2D eigenvalue weighted by molar-refractivity contribution is -0.192. The Balaban J connectivity index is 0.000000406. The standard InChI is InChI=1S/C22H28N4S.C2HF3O2/c1-3-16(2)27-19-11-7-8-17(14-19)21-22(24-18-9-5-4-6-10-18)26-13-12-23-15-20(26)25-21;3-2(4,5)1(6)7/h7-8,11-16,18,24H,3-6,9-10H2,1-2H3;(H,6,7). The Morgan fingerprint density at radius 3 is 2.65 bits per heavy atom. The summed E-state index contributed by atoms with van der Waals surface area (Å²) >= 11 is 1.93. The first-order valence-corrected chi connectivity index (χ1v) is 12.2. The third-order valence-electron chi connectivity index (χ3n) is 5.64. The van der Waals surface area contributed by atoms with Crippen LogP contribution in [0.2, 0.25) is 0 Å². The van der Waals surface area contributed by atoms with Crippen molar-refractivity contribution in [3.8, 4) is 11.3 Å². The first kappa shape index (κ1) is 25.9. The molecule has 0 spiro atoms. The molecule has 6 nitrogen and oxygen atoms in total. The first-order valence-electron chi connectivity index (χ1n) is 11.3. The van der Waals surface area contributed by atoms with Gasteiger partial charge in [-0.15, -0.1) is 11.8 Å². The van der Waals surface area contributed by atoms with Crippen LogP contribution >= 0.6 is 11.8 Å². The molecule has 1 fully saturated rings. The van der Waals surface area contributed by atoms with Crippen LogP contribution in [0.3, 0.4) is 0 Å². The molecule has 4 rings (SSSR count). The second-order valence-corrected chi connectivity index (χ2v) is 9.77. The van der Waals surface area contributed by atoms with Crippen molar-refractivity contribution >= 4 is 29.2 Å². The number of carbonyl (C=O) groups is 1. The van der Waals surface area contributed by atoms with Crippen LogP contribution in [0.15, 0.2) is 47.8 Å². The molecule has 0 radical (unpaired) electrons. The van der Waals surface area contributed by atoms with Gasteiger partial charge in [-0.2, -0.15) is 13.2 Å². The fourth-order valence-electron chi connectivity index (χ4n) is 3.72. The summed E-state index contributed by atoms with van der Waals surface area (Å²) in [6, 6.07) is 9.32. The predicted molar refractivity (Wildman–Crippen MR) is 128 cm³/mol. The summed E-state index contributed by atoms with van der Waals surface area (Å²) in [6.07, 6.45) is 8.23. The number of hydrogen-bond acceptors (Lipinski definition) is 5. The molecular weight excluding hydrogens is 465 g/mol. The number of aliphatic carboxylic acids is 1. The summed E-state index contributed by atoms with van der Waals surface area (Å²) in [5, 5.41) is 11.5. The maximum atomic E-state index is 10.6. The minimum absolute atomic E-state index is 0.531. The Morgan fingerprint density at radius 2 is 2.00 bits per heavy atom. The number of halogens is 3. The molecule has 184 valence electrons. The van der Waals surface area contributed by atoms with Crippen molar-refractivity contribution in [3.05, 3.63) is 42.9 Å². The van der Waals surface area contributed by atoms with Gasteiger partial charge in [0.05, 0.1) is 6.20 Å². The molecule has 0 bridgehead atoms. The summed E-state index contributed by atoms with van der Waals surface area (Å²) in [6.45, 7) is 4.52. The number of nitrogens with zero attached hydrogens (tertiary/aromatic N) is 3. The van der Waals surface area contributed by atoms with Gasteiger partial charge in [-0.25, -0.2) is 9.78 Å². The van der Waals surface area contributed by atoms with Crippen LogP contribution in [0.1, 0.15) is 52.4 Å². The number of thioether (sulfide) groups is 1. The number of benzene rings is 1. The number of imidazole rings is 1. The van der Waals surface area contributed by atoms with Gasteiger partial charge >= 0.3 is 12.1 Å². The highest BCUT2D eigenvalue weighted by Crippen LogP contribution is 2.34. The number of rotatable bonds is 6. The van der Waals surface area contributed by atoms with Crippen molar-refractivity contribution in [2.75, 3.05) is 5.32 Å². The van der Waals surface area contributed by atoms with Crippen LogP contribution in [0.4, 0.5) is 19.0 Å². The monoisotopic (exact) mass is 494 g/mol. The van der Waals surface area contributed by atoms with Crippen LogP contribution in [0.5, 0.6) is 0 Å². The average molecular weight is 495 g/mol. The Kier molecular flexibility index (Phi) is 8.82. The van der Waals surface area contributed by atoms with E-state index in [1.165, 1.54) is 49.0 Å². The number of carboxylic acids is 1. The number of nitrogens with one attached hydrogen (secondary N) is 1. The first-order chi connectivity index (χ1) is 16.2. The molecule has 3 aromatic rings. The summed E-state index contributed by atoms with van der Waals surface area (Å²) in [5.74, 6) is -1.66. The van der Waals surface area contributed by atoms with E-state index < -0.39 is 12.1 Å². The van der Waals surface area contributed by atoms with Gasteiger partial charge in [0, 0.05) is 34.1 Å². The Labute approximate surface area is 201 Å². The summed E-state index contributed by atoms with van der Waals surface area (Å²) in [5.41, 5.74) is 3.09. The minimum atomic E-state index is -5.08. The van der Waals surface area contributed by atoms with E-state index in [9.17, 15) is 13.2 Å². The molecule has 1 aliphatic rings. The van der Waals surface area contributed by atoms with Crippen molar-refractivity contribution in [1.29, 1.82) is 0 Å². The van der Waals surface area contributed by atoms with Crippen LogP contribution in [0.25, 0.3) is 16.9 Å². The van der Waals surface area contributed by atoms with E-state index >= 15 is 0 Å². The maximum absolute atomic E-state index is 10.6. The molecule has 2 N–H and O–H groups in total. The van der Waals surface area contributed by atoms with Crippen molar-refractivity contribution in [3.63, 3.8) is 0 Å². The molecule has 1 atom stereocenters. The molecule has 2 heterocycles. The SMILES string of the molecule is CCC(C)Sc1cccc(-c2nc3cnccn3c2NC2CCCCC2)c1.O=C(O)C(F)(F)F. The molecule has 1 saturated carbocycles. The van der Waals surface area contributed by atoms with Crippen LogP contribution in [0, 0.1) is 0 Å². The maximum Gasteiger partial charge on any atom is 0.490 e. The second-order valence-electron chi connectivity index (χ2n) is 8.26. The van der Waals surface area contributed by atoms with Crippen LogP contribution < -0.4 is 5.32 Å². The largest absolute Gasteiger partial charge is 0.490 e. The Bertz CT molecular complexity index is 1100.